The molecule has 3 N–H and O–H groups in total. The summed E-state index contributed by atoms with van der Waals surface area (Å²) in [5.41, 5.74) is 1.57. The monoisotopic (exact) mass is 280 g/mol. The van der Waals surface area contributed by atoms with E-state index in [4.69, 9.17) is 10.2 Å². The second kappa shape index (κ2) is 5.75. The average molecular weight is 280 g/mol. The quantitative estimate of drug-likeness (QED) is 0.553. The van der Waals surface area contributed by atoms with Crippen molar-refractivity contribution in [3.8, 4) is 0 Å². The number of hydrogen-bond acceptors (Lipinski definition) is 4. The lowest BCUT2D eigenvalue weighted by Crippen LogP contribution is -1.95. The molecule has 0 bridgehead atoms. The molecule has 0 fully saturated rings. The highest BCUT2D eigenvalue weighted by Gasteiger charge is 2.08. The fourth-order valence-corrected chi connectivity index (χ4v) is 2.41. The van der Waals surface area contributed by atoms with E-state index in [1.807, 2.05) is 0 Å². The van der Waals surface area contributed by atoms with Gasteiger partial charge in [0, 0.05) is 12.2 Å². The summed E-state index contributed by atoms with van der Waals surface area (Å²) in [6, 6.07) is 4.69. The second-order valence-electron chi connectivity index (χ2n) is 3.92. The van der Waals surface area contributed by atoms with Gasteiger partial charge in [0.2, 0.25) is 0 Å². The molecule has 0 unspecified atom stereocenters. The number of aromatic nitrogens is 2. The third kappa shape index (κ3) is 3.47. The molecule has 0 saturated carbocycles. The lowest BCUT2D eigenvalue weighted by molar-refractivity contribution is -0.137. The fourth-order valence-electron chi connectivity index (χ4n) is 1.58. The number of H-pyrrole nitrogens is 1. The number of nitrogens with one attached hydrogen (secondary N) is 1. The molecule has 19 heavy (non-hydrogen) atoms. The predicted octanol–water partition coefficient (Wildman–Crippen LogP) is 2.22. The Labute approximate surface area is 112 Å². The molecule has 1 aromatic heterocycles. The van der Waals surface area contributed by atoms with Crippen molar-refractivity contribution in [3.05, 3.63) is 23.8 Å². The Bertz CT molecular complexity index is 623. The number of nitrogens with zero attached hydrogens (tertiary/aromatic N) is 1. The molecule has 0 amide bonds. The van der Waals surface area contributed by atoms with E-state index in [1.165, 1.54) is 23.9 Å². The summed E-state index contributed by atoms with van der Waals surface area (Å²) in [7, 11) is 0. The van der Waals surface area contributed by atoms with Gasteiger partial charge in [0.15, 0.2) is 5.16 Å². The van der Waals surface area contributed by atoms with Crippen molar-refractivity contribution in [1.29, 1.82) is 0 Å². The molecule has 7 heteroatoms. The molecule has 0 atom stereocenters. The van der Waals surface area contributed by atoms with Gasteiger partial charge in [-0.3, -0.25) is 4.79 Å². The van der Waals surface area contributed by atoms with Gasteiger partial charge >= 0.3 is 11.9 Å². The topological polar surface area (TPSA) is 103 Å². The second-order valence-corrected chi connectivity index (χ2v) is 5.01. The summed E-state index contributed by atoms with van der Waals surface area (Å²) >= 11 is 1.42. The molecule has 0 aliphatic carbocycles. The molecular formula is C12H12N2O4S. The van der Waals surface area contributed by atoms with Gasteiger partial charge in [-0.15, -0.1) is 0 Å². The molecule has 6 nitrogen and oxygen atoms in total. The van der Waals surface area contributed by atoms with Crippen LogP contribution in [0.2, 0.25) is 0 Å². The number of carbonyl (C=O) groups is 2. The Morgan fingerprint density at radius 2 is 2.11 bits per heavy atom. The maximum atomic E-state index is 10.8. The number of aromatic carboxylic acids is 1. The lowest BCUT2D eigenvalue weighted by atomic mass is 10.2. The van der Waals surface area contributed by atoms with Gasteiger partial charge in [-0.2, -0.15) is 0 Å². The first kappa shape index (κ1) is 13.4. The Balaban J connectivity index is 2.04. The van der Waals surface area contributed by atoms with Crippen molar-refractivity contribution in [2.24, 2.45) is 0 Å². The summed E-state index contributed by atoms with van der Waals surface area (Å²) in [6.45, 7) is 0. The van der Waals surface area contributed by atoms with Gasteiger partial charge in [0.1, 0.15) is 0 Å². The van der Waals surface area contributed by atoms with Crippen LogP contribution in [-0.4, -0.2) is 37.9 Å². The first-order valence-electron chi connectivity index (χ1n) is 5.64. The van der Waals surface area contributed by atoms with Crippen LogP contribution in [0.5, 0.6) is 0 Å². The number of aromatic amines is 1. The van der Waals surface area contributed by atoms with Crippen LogP contribution in [0, 0.1) is 0 Å². The fraction of sp³-hybridized carbons (Fsp3) is 0.250. The normalized spacial score (nSPS) is 10.7. The molecule has 0 aliphatic heterocycles. The van der Waals surface area contributed by atoms with Crippen LogP contribution in [0.3, 0.4) is 0 Å². The maximum Gasteiger partial charge on any atom is 0.335 e. The molecule has 1 aromatic carbocycles. The van der Waals surface area contributed by atoms with Crippen molar-refractivity contribution < 1.29 is 19.8 Å². The number of benzene rings is 1. The van der Waals surface area contributed by atoms with Crippen LogP contribution in [0.15, 0.2) is 23.4 Å². The van der Waals surface area contributed by atoms with E-state index in [0.29, 0.717) is 28.4 Å². The summed E-state index contributed by atoms with van der Waals surface area (Å²) in [6.07, 6.45) is 0.702. The Morgan fingerprint density at radius 1 is 1.32 bits per heavy atom. The molecule has 1 heterocycles. The zero-order valence-electron chi connectivity index (χ0n) is 9.92. The van der Waals surface area contributed by atoms with Crippen LogP contribution < -0.4 is 0 Å². The number of carboxylic acid groups (broad SMARTS) is 2. The largest absolute Gasteiger partial charge is 0.481 e. The van der Waals surface area contributed by atoms with E-state index < -0.39 is 11.9 Å². The first-order valence-corrected chi connectivity index (χ1v) is 6.62. The highest BCUT2D eigenvalue weighted by atomic mass is 32.2. The molecule has 2 aromatic rings. The van der Waals surface area contributed by atoms with Crippen molar-refractivity contribution >= 4 is 34.7 Å². The molecule has 0 radical (unpaired) electrons. The van der Waals surface area contributed by atoms with E-state index in [0.717, 1.165) is 0 Å². The van der Waals surface area contributed by atoms with Gasteiger partial charge in [0.25, 0.3) is 0 Å². The van der Waals surface area contributed by atoms with Crippen LogP contribution in [0.1, 0.15) is 23.2 Å². The van der Waals surface area contributed by atoms with E-state index >= 15 is 0 Å². The predicted molar refractivity (Wildman–Crippen MR) is 70.6 cm³/mol. The van der Waals surface area contributed by atoms with Crippen LogP contribution in [0.25, 0.3) is 11.0 Å². The number of carboxylic acids is 2. The summed E-state index contributed by atoms with van der Waals surface area (Å²) in [5, 5.41) is 18.1. The van der Waals surface area contributed by atoms with Crippen molar-refractivity contribution in [3.63, 3.8) is 0 Å². The summed E-state index contributed by atoms with van der Waals surface area (Å²) in [5.74, 6) is -1.14. The van der Waals surface area contributed by atoms with Gasteiger partial charge in [-0.05, 0) is 24.6 Å². The maximum absolute atomic E-state index is 10.8. The third-order valence-electron chi connectivity index (χ3n) is 2.48. The standard InChI is InChI=1S/C12H12N2O4S/c15-10(16)2-1-5-19-12-13-8-4-3-7(11(17)18)6-9(8)14-12/h3-4,6H,1-2,5H2,(H,13,14)(H,15,16)(H,17,18). The van der Waals surface area contributed by atoms with Crippen molar-refractivity contribution in [1.82, 2.24) is 9.97 Å². The van der Waals surface area contributed by atoms with Crippen LogP contribution >= 0.6 is 11.8 Å². The number of hydrogen-bond donors (Lipinski definition) is 3. The third-order valence-corrected chi connectivity index (χ3v) is 3.44. The zero-order valence-corrected chi connectivity index (χ0v) is 10.7. The minimum atomic E-state index is -0.979. The highest BCUT2D eigenvalue weighted by Crippen LogP contribution is 2.21. The summed E-state index contributed by atoms with van der Waals surface area (Å²) in [4.78, 5) is 28.5. The molecular weight excluding hydrogens is 268 g/mol. The highest BCUT2D eigenvalue weighted by molar-refractivity contribution is 7.99. The number of thioether (sulfide) groups is 1. The number of imidazole rings is 1. The van der Waals surface area contributed by atoms with Crippen LogP contribution in [0.4, 0.5) is 0 Å². The summed E-state index contributed by atoms with van der Waals surface area (Å²) < 4.78 is 0. The Kier molecular flexibility index (Phi) is 4.06. The molecule has 0 aliphatic rings. The first-order chi connectivity index (χ1) is 9.06. The van der Waals surface area contributed by atoms with Crippen molar-refractivity contribution in [2.45, 2.75) is 18.0 Å². The molecule has 2 rings (SSSR count). The van der Waals surface area contributed by atoms with E-state index in [-0.39, 0.29) is 12.0 Å². The lowest BCUT2D eigenvalue weighted by Gasteiger charge is -1.94. The van der Waals surface area contributed by atoms with E-state index in [2.05, 4.69) is 9.97 Å². The minimum Gasteiger partial charge on any atom is -0.481 e. The molecule has 0 spiro atoms. The number of fused-ring (bicyclic) bond motifs is 1. The van der Waals surface area contributed by atoms with Gasteiger partial charge in [-0.1, -0.05) is 11.8 Å². The Hall–Kier alpha value is -2.02. The van der Waals surface area contributed by atoms with E-state index in [9.17, 15) is 9.59 Å². The van der Waals surface area contributed by atoms with E-state index in [1.54, 1.807) is 6.07 Å². The smallest absolute Gasteiger partial charge is 0.335 e. The number of rotatable bonds is 6. The average Bonchev–Trinajstić information content (AvgIpc) is 2.75. The van der Waals surface area contributed by atoms with Crippen LogP contribution in [-0.2, 0) is 4.79 Å². The van der Waals surface area contributed by atoms with Gasteiger partial charge in [-0.25, -0.2) is 9.78 Å². The zero-order chi connectivity index (χ0) is 13.8. The van der Waals surface area contributed by atoms with Gasteiger partial charge in [0.05, 0.1) is 16.6 Å². The molecule has 100 valence electrons. The van der Waals surface area contributed by atoms with Gasteiger partial charge < -0.3 is 15.2 Å². The molecule has 0 saturated heterocycles. The SMILES string of the molecule is O=C(O)CCCSc1nc2ccc(C(=O)O)cc2[nH]1. The minimum absolute atomic E-state index is 0.135. The van der Waals surface area contributed by atoms with Crippen molar-refractivity contribution in [2.75, 3.05) is 5.75 Å². The number of aliphatic carboxylic acids is 1. The Morgan fingerprint density at radius 3 is 2.79 bits per heavy atom.